The Hall–Kier alpha value is -4.18. The predicted octanol–water partition coefficient (Wildman–Crippen LogP) is 2.52. The van der Waals surface area contributed by atoms with Crippen LogP contribution >= 0.6 is 0 Å². The molecule has 0 spiro atoms. The second kappa shape index (κ2) is 14.5. The molecular weight excluding hydrogens is 522 g/mol. The van der Waals surface area contributed by atoms with Gasteiger partial charge in [-0.05, 0) is 35.4 Å². The molecule has 0 saturated heterocycles. The van der Waals surface area contributed by atoms with Crippen molar-refractivity contribution >= 4 is 34.6 Å². The first-order valence-electron chi connectivity index (χ1n) is 14.0. The SMILES string of the molecule is CCC(C)C(NC(=O)C(NC(=O)C(Cc1c[nH]c2ccccc12)NC(=O)C(N)Cc1ccccc1)C(C)C)C(=O)O. The highest BCUT2D eigenvalue weighted by molar-refractivity contribution is 5.95. The van der Waals surface area contributed by atoms with E-state index in [0.717, 1.165) is 22.0 Å². The summed E-state index contributed by atoms with van der Waals surface area (Å²) in [4.78, 5) is 55.0. The lowest BCUT2D eigenvalue weighted by Crippen LogP contribution is -2.59. The van der Waals surface area contributed by atoms with Crippen LogP contribution in [0.1, 0.15) is 45.2 Å². The highest BCUT2D eigenvalue weighted by Crippen LogP contribution is 2.20. The van der Waals surface area contributed by atoms with Gasteiger partial charge in [-0.1, -0.05) is 82.6 Å². The van der Waals surface area contributed by atoms with Crippen LogP contribution in [0, 0.1) is 11.8 Å². The third-order valence-electron chi connectivity index (χ3n) is 7.39. The second-order valence-corrected chi connectivity index (χ2v) is 10.9. The van der Waals surface area contributed by atoms with E-state index in [1.807, 2.05) is 61.5 Å². The summed E-state index contributed by atoms with van der Waals surface area (Å²) in [6, 6.07) is 12.9. The minimum absolute atomic E-state index is 0.150. The summed E-state index contributed by atoms with van der Waals surface area (Å²) >= 11 is 0. The number of carbonyl (C=O) groups is 4. The molecular formula is C31H41N5O5. The minimum atomic E-state index is -1.14. The van der Waals surface area contributed by atoms with Gasteiger partial charge in [0.25, 0.3) is 0 Å². The zero-order valence-electron chi connectivity index (χ0n) is 24.0. The number of para-hydroxylation sites is 1. The summed E-state index contributed by atoms with van der Waals surface area (Å²) in [6.45, 7) is 7.10. The number of carboxylic acids is 1. The molecule has 7 N–H and O–H groups in total. The molecule has 5 atom stereocenters. The van der Waals surface area contributed by atoms with E-state index in [1.54, 1.807) is 27.0 Å². The standard InChI is InChI=1S/C31H41N5O5/c1-5-19(4)27(31(40)41)36-30(39)26(18(2)3)35-29(38)25(16-21-17-33-24-14-10-9-13-22(21)24)34-28(37)23(32)15-20-11-7-6-8-12-20/h6-14,17-19,23,25-27,33H,5,15-16,32H2,1-4H3,(H,34,37)(H,35,38)(H,36,39)(H,40,41). The van der Waals surface area contributed by atoms with E-state index < -0.39 is 47.9 Å². The molecule has 10 nitrogen and oxygen atoms in total. The smallest absolute Gasteiger partial charge is 0.326 e. The first-order valence-corrected chi connectivity index (χ1v) is 14.0. The number of benzene rings is 2. The van der Waals surface area contributed by atoms with Crippen molar-refractivity contribution in [2.45, 2.75) is 71.1 Å². The monoisotopic (exact) mass is 563 g/mol. The highest BCUT2D eigenvalue weighted by Gasteiger charge is 2.33. The zero-order valence-corrected chi connectivity index (χ0v) is 24.0. The van der Waals surface area contributed by atoms with E-state index in [-0.39, 0.29) is 24.7 Å². The topological polar surface area (TPSA) is 166 Å². The molecule has 0 aliphatic carbocycles. The van der Waals surface area contributed by atoms with Crippen LogP contribution in [0.3, 0.4) is 0 Å². The van der Waals surface area contributed by atoms with Gasteiger partial charge in [-0.2, -0.15) is 0 Å². The van der Waals surface area contributed by atoms with E-state index in [1.165, 1.54) is 0 Å². The van der Waals surface area contributed by atoms with Crippen LogP contribution in [0.5, 0.6) is 0 Å². The molecule has 41 heavy (non-hydrogen) atoms. The number of carboxylic acid groups (broad SMARTS) is 1. The van der Waals surface area contributed by atoms with Gasteiger partial charge in [-0.3, -0.25) is 14.4 Å². The van der Waals surface area contributed by atoms with Crippen molar-refractivity contribution in [3.05, 3.63) is 71.9 Å². The maximum atomic E-state index is 13.7. The lowest BCUT2D eigenvalue weighted by Gasteiger charge is -2.28. The van der Waals surface area contributed by atoms with Gasteiger partial charge in [0, 0.05) is 23.5 Å². The van der Waals surface area contributed by atoms with Crippen molar-refractivity contribution in [2.24, 2.45) is 17.6 Å². The molecule has 0 bridgehead atoms. The number of hydrogen-bond donors (Lipinski definition) is 6. The van der Waals surface area contributed by atoms with E-state index in [2.05, 4.69) is 20.9 Å². The van der Waals surface area contributed by atoms with Crippen LogP contribution in [0.4, 0.5) is 0 Å². The Kier molecular flexibility index (Phi) is 11.0. The van der Waals surface area contributed by atoms with Crippen LogP contribution in [0.15, 0.2) is 60.8 Å². The van der Waals surface area contributed by atoms with Gasteiger partial charge in [0.2, 0.25) is 17.7 Å². The Morgan fingerprint density at radius 3 is 2.10 bits per heavy atom. The van der Waals surface area contributed by atoms with Crippen molar-refractivity contribution < 1.29 is 24.3 Å². The number of hydrogen-bond acceptors (Lipinski definition) is 5. The molecule has 10 heteroatoms. The largest absolute Gasteiger partial charge is 0.480 e. The minimum Gasteiger partial charge on any atom is -0.480 e. The molecule has 0 aliphatic heterocycles. The van der Waals surface area contributed by atoms with E-state index in [0.29, 0.717) is 6.42 Å². The summed E-state index contributed by atoms with van der Waals surface area (Å²) in [5.41, 5.74) is 8.80. The molecule has 220 valence electrons. The van der Waals surface area contributed by atoms with Gasteiger partial charge in [0.05, 0.1) is 6.04 Å². The van der Waals surface area contributed by atoms with Gasteiger partial charge < -0.3 is 31.8 Å². The maximum Gasteiger partial charge on any atom is 0.326 e. The average molecular weight is 564 g/mol. The van der Waals surface area contributed by atoms with E-state index in [9.17, 15) is 24.3 Å². The van der Waals surface area contributed by atoms with Gasteiger partial charge in [0.1, 0.15) is 18.1 Å². The molecule has 1 aromatic heterocycles. The summed E-state index contributed by atoms with van der Waals surface area (Å²) in [6.07, 6.45) is 2.78. The molecule has 0 radical (unpaired) electrons. The number of nitrogens with two attached hydrogens (primary N) is 1. The number of rotatable bonds is 14. The zero-order chi connectivity index (χ0) is 30.1. The van der Waals surface area contributed by atoms with Gasteiger partial charge >= 0.3 is 5.97 Å². The predicted molar refractivity (Wildman–Crippen MR) is 158 cm³/mol. The van der Waals surface area contributed by atoms with Crippen LogP contribution in [0.2, 0.25) is 0 Å². The Morgan fingerprint density at radius 1 is 0.829 bits per heavy atom. The molecule has 1 heterocycles. The molecule has 0 fully saturated rings. The molecule has 0 aliphatic rings. The fourth-order valence-electron chi connectivity index (χ4n) is 4.68. The van der Waals surface area contributed by atoms with Crippen molar-refractivity contribution in [1.29, 1.82) is 0 Å². The van der Waals surface area contributed by atoms with Crippen LogP contribution < -0.4 is 21.7 Å². The van der Waals surface area contributed by atoms with E-state index in [4.69, 9.17) is 5.73 Å². The number of aromatic amines is 1. The first kappa shape index (κ1) is 31.3. The van der Waals surface area contributed by atoms with E-state index >= 15 is 0 Å². The van der Waals surface area contributed by atoms with Crippen LogP contribution in [0.25, 0.3) is 10.9 Å². The number of amides is 3. The quantitative estimate of drug-likeness (QED) is 0.176. The summed E-state index contributed by atoms with van der Waals surface area (Å²) < 4.78 is 0. The van der Waals surface area contributed by atoms with Crippen molar-refractivity contribution in [3.8, 4) is 0 Å². The Balaban J connectivity index is 1.82. The molecule has 3 amide bonds. The maximum absolute atomic E-state index is 13.7. The molecule has 0 saturated carbocycles. The number of H-pyrrole nitrogens is 1. The normalized spacial score (nSPS) is 15.0. The number of fused-ring (bicyclic) bond motifs is 1. The summed E-state index contributed by atoms with van der Waals surface area (Å²) in [7, 11) is 0. The van der Waals surface area contributed by atoms with Gasteiger partial charge in [-0.15, -0.1) is 0 Å². The third-order valence-corrected chi connectivity index (χ3v) is 7.39. The molecule has 3 aromatic rings. The fourth-order valence-corrected chi connectivity index (χ4v) is 4.68. The molecule has 5 unspecified atom stereocenters. The molecule has 2 aromatic carbocycles. The Bertz CT molecular complexity index is 1340. The highest BCUT2D eigenvalue weighted by atomic mass is 16.4. The Morgan fingerprint density at radius 2 is 1.46 bits per heavy atom. The van der Waals surface area contributed by atoms with Gasteiger partial charge in [-0.25, -0.2) is 4.79 Å². The van der Waals surface area contributed by atoms with Gasteiger partial charge in [0.15, 0.2) is 0 Å². The number of carbonyl (C=O) groups excluding carboxylic acids is 3. The van der Waals surface area contributed by atoms with Crippen molar-refractivity contribution in [3.63, 3.8) is 0 Å². The lowest BCUT2D eigenvalue weighted by molar-refractivity contribution is -0.144. The Labute approximate surface area is 240 Å². The number of nitrogens with one attached hydrogen (secondary N) is 4. The first-order chi connectivity index (χ1) is 19.5. The average Bonchev–Trinajstić information content (AvgIpc) is 3.36. The van der Waals surface area contributed by atoms with Crippen molar-refractivity contribution in [1.82, 2.24) is 20.9 Å². The molecule has 3 rings (SSSR count). The van der Waals surface area contributed by atoms with Crippen LogP contribution in [-0.4, -0.2) is 57.9 Å². The lowest BCUT2D eigenvalue weighted by atomic mass is 9.96. The fraction of sp³-hybridized carbons (Fsp3) is 0.419. The summed E-state index contributed by atoms with van der Waals surface area (Å²) in [5, 5.41) is 18.7. The summed E-state index contributed by atoms with van der Waals surface area (Å²) in [5.74, 6) is -3.46. The van der Waals surface area contributed by atoms with Crippen LogP contribution in [-0.2, 0) is 32.0 Å². The number of aliphatic carboxylic acids is 1. The third kappa shape index (κ3) is 8.40. The second-order valence-electron chi connectivity index (χ2n) is 10.9. The van der Waals surface area contributed by atoms with Crippen molar-refractivity contribution in [2.75, 3.05) is 0 Å². The number of aromatic nitrogens is 1.